The number of thiophene rings is 1. The maximum absolute atomic E-state index is 13.0. The van der Waals surface area contributed by atoms with E-state index in [1.165, 1.54) is 9.47 Å². The first-order valence-electron chi connectivity index (χ1n) is 10.9. The molecule has 0 saturated heterocycles. The van der Waals surface area contributed by atoms with Crippen LogP contribution in [-0.4, -0.2) is 27.9 Å². The van der Waals surface area contributed by atoms with Gasteiger partial charge in [-0.25, -0.2) is 4.79 Å². The summed E-state index contributed by atoms with van der Waals surface area (Å²) in [6.45, 7) is 8.79. The fourth-order valence-electron chi connectivity index (χ4n) is 3.27. The van der Waals surface area contributed by atoms with Gasteiger partial charge >= 0.3 is 5.69 Å². The van der Waals surface area contributed by atoms with E-state index in [1.807, 2.05) is 39.1 Å². The maximum atomic E-state index is 13.0. The Bertz CT molecular complexity index is 1050. The molecule has 0 atom stereocenters. The van der Waals surface area contributed by atoms with Crippen LogP contribution in [0.4, 0.5) is 11.5 Å². The molecule has 4 N–H and O–H groups in total. The van der Waals surface area contributed by atoms with Crippen LogP contribution >= 0.6 is 11.3 Å². The summed E-state index contributed by atoms with van der Waals surface area (Å²) in [7, 11) is 0. The Morgan fingerprint density at radius 3 is 2.59 bits per heavy atom. The number of nitrogens with two attached hydrogens (primary N) is 1. The van der Waals surface area contributed by atoms with E-state index in [0.29, 0.717) is 19.5 Å². The fraction of sp³-hybridized carbons (Fsp3) is 0.545. The molecule has 0 spiro atoms. The quantitative estimate of drug-likeness (QED) is 0.471. The lowest BCUT2D eigenvalue weighted by atomic mass is 10.1. The lowest BCUT2D eigenvalue weighted by Gasteiger charge is -2.26. The number of nitrogens with zero attached hydrogens (tertiary/aromatic N) is 2. The van der Waals surface area contributed by atoms with Gasteiger partial charge in [-0.3, -0.25) is 23.9 Å². The topological polar surface area (TPSA) is 130 Å². The number of nitrogens with one attached hydrogen (secondary N) is 2. The van der Waals surface area contributed by atoms with Gasteiger partial charge in [0.25, 0.3) is 5.56 Å². The van der Waals surface area contributed by atoms with Crippen LogP contribution in [0.2, 0.25) is 0 Å². The smallest absolute Gasteiger partial charge is 0.330 e. The van der Waals surface area contributed by atoms with Crippen molar-refractivity contribution >= 4 is 34.7 Å². The van der Waals surface area contributed by atoms with Crippen LogP contribution in [0.3, 0.4) is 0 Å². The highest BCUT2D eigenvalue weighted by Crippen LogP contribution is 2.20. The van der Waals surface area contributed by atoms with Crippen molar-refractivity contribution in [1.29, 1.82) is 0 Å². The SMILES string of the molecule is CCCCn1c(N)c(N(CC(C)C)C(=O)CCC(=O)NCc2sccc2C)c(=O)[nH]c1=O. The molecule has 0 aromatic carbocycles. The Morgan fingerprint density at radius 1 is 1.28 bits per heavy atom. The molecule has 2 aromatic heterocycles. The molecule has 2 aromatic rings. The number of aromatic amines is 1. The van der Waals surface area contributed by atoms with Crippen molar-refractivity contribution < 1.29 is 9.59 Å². The van der Waals surface area contributed by atoms with E-state index >= 15 is 0 Å². The molecule has 2 amide bonds. The highest BCUT2D eigenvalue weighted by Gasteiger charge is 2.25. The summed E-state index contributed by atoms with van der Waals surface area (Å²) in [5.74, 6) is -0.618. The number of carbonyl (C=O) groups is 2. The lowest BCUT2D eigenvalue weighted by molar-refractivity contribution is -0.125. The second-order valence-corrected chi connectivity index (χ2v) is 9.20. The summed E-state index contributed by atoms with van der Waals surface area (Å²) in [5.41, 5.74) is 5.97. The van der Waals surface area contributed by atoms with Gasteiger partial charge < -0.3 is 16.0 Å². The third-order valence-corrected chi connectivity index (χ3v) is 6.07. The van der Waals surface area contributed by atoms with Gasteiger partial charge in [0.2, 0.25) is 11.8 Å². The van der Waals surface area contributed by atoms with Crippen LogP contribution in [0.25, 0.3) is 0 Å². The largest absolute Gasteiger partial charge is 0.383 e. The van der Waals surface area contributed by atoms with Crippen LogP contribution in [0.1, 0.15) is 56.9 Å². The Kier molecular flexibility index (Phi) is 9.25. The van der Waals surface area contributed by atoms with E-state index in [9.17, 15) is 19.2 Å². The van der Waals surface area contributed by atoms with E-state index in [-0.39, 0.29) is 48.6 Å². The number of unbranched alkanes of at least 4 members (excludes halogenated alkanes) is 1. The average Bonchev–Trinajstić information content (AvgIpc) is 3.13. The van der Waals surface area contributed by atoms with Crippen molar-refractivity contribution in [2.75, 3.05) is 17.2 Å². The predicted molar refractivity (Wildman–Crippen MR) is 128 cm³/mol. The highest BCUT2D eigenvalue weighted by molar-refractivity contribution is 7.10. The Balaban J connectivity index is 2.18. The van der Waals surface area contributed by atoms with Gasteiger partial charge in [0.15, 0.2) is 5.69 Å². The number of amides is 2. The molecule has 0 aliphatic carbocycles. The van der Waals surface area contributed by atoms with Crippen molar-refractivity contribution in [1.82, 2.24) is 14.9 Å². The number of aryl methyl sites for hydroxylation is 1. The number of carbonyl (C=O) groups excluding carboxylic acids is 2. The van der Waals surface area contributed by atoms with Crippen LogP contribution in [0.5, 0.6) is 0 Å². The highest BCUT2D eigenvalue weighted by atomic mass is 32.1. The second kappa shape index (κ2) is 11.7. The molecule has 0 saturated carbocycles. The van der Waals surface area contributed by atoms with E-state index < -0.39 is 11.2 Å². The van der Waals surface area contributed by atoms with E-state index in [2.05, 4.69) is 10.3 Å². The van der Waals surface area contributed by atoms with E-state index in [4.69, 9.17) is 5.73 Å². The zero-order valence-electron chi connectivity index (χ0n) is 19.2. The minimum Gasteiger partial charge on any atom is -0.383 e. The fourth-order valence-corrected chi connectivity index (χ4v) is 4.11. The lowest BCUT2D eigenvalue weighted by Crippen LogP contribution is -2.43. The molecular formula is C22H33N5O4S. The third-order valence-electron chi connectivity index (χ3n) is 5.05. The van der Waals surface area contributed by atoms with Crippen LogP contribution in [0.15, 0.2) is 21.0 Å². The first-order valence-corrected chi connectivity index (χ1v) is 11.8. The summed E-state index contributed by atoms with van der Waals surface area (Å²) in [6.07, 6.45) is 1.47. The Labute approximate surface area is 191 Å². The van der Waals surface area contributed by atoms with E-state index in [0.717, 1.165) is 16.9 Å². The summed E-state index contributed by atoms with van der Waals surface area (Å²) >= 11 is 1.57. The zero-order chi connectivity index (χ0) is 23.8. The van der Waals surface area contributed by atoms with Crippen LogP contribution < -0.4 is 27.2 Å². The molecule has 176 valence electrons. The summed E-state index contributed by atoms with van der Waals surface area (Å²) < 4.78 is 1.29. The van der Waals surface area contributed by atoms with Crippen LogP contribution in [-0.2, 0) is 22.7 Å². The van der Waals surface area contributed by atoms with Crippen LogP contribution in [0, 0.1) is 12.8 Å². The molecule has 0 fully saturated rings. The van der Waals surface area contributed by atoms with Crippen molar-refractivity contribution in [3.05, 3.63) is 42.7 Å². The van der Waals surface area contributed by atoms with Gasteiger partial charge in [-0.15, -0.1) is 11.3 Å². The molecule has 32 heavy (non-hydrogen) atoms. The number of hydrogen-bond acceptors (Lipinski definition) is 6. The van der Waals surface area contributed by atoms with Crippen molar-refractivity contribution in [3.8, 4) is 0 Å². The molecule has 2 rings (SSSR count). The Hall–Kier alpha value is -2.88. The molecule has 0 bridgehead atoms. The third kappa shape index (κ3) is 6.56. The molecule has 0 radical (unpaired) electrons. The van der Waals surface area contributed by atoms with Gasteiger partial charge in [-0.1, -0.05) is 27.2 Å². The molecule has 0 unspecified atom stereocenters. The monoisotopic (exact) mass is 463 g/mol. The molecule has 9 nitrogen and oxygen atoms in total. The molecule has 0 aliphatic heterocycles. The number of anilines is 2. The molecule has 0 aliphatic rings. The number of aromatic nitrogens is 2. The first-order chi connectivity index (χ1) is 15.1. The first kappa shape index (κ1) is 25.4. The number of nitrogen functional groups attached to an aromatic ring is 1. The van der Waals surface area contributed by atoms with Gasteiger partial charge in [-0.2, -0.15) is 0 Å². The zero-order valence-corrected chi connectivity index (χ0v) is 20.0. The minimum absolute atomic E-state index is 0.00879. The maximum Gasteiger partial charge on any atom is 0.330 e. The Morgan fingerprint density at radius 2 is 2.00 bits per heavy atom. The van der Waals surface area contributed by atoms with E-state index in [1.54, 1.807) is 11.3 Å². The predicted octanol–water partition coefficient (Wildman–Crippen LogP) is 2.37. The summed E-state index contributed by atoms with van der Waals surface area (Å²) in [6, 6.07) is 1.99. The normalized spacial score (nSPS) is 11.0. The van der Waals surface area contributed by atoms with Crippen molar-refractivity contribution in [2.24, 2.45) is 5.92 Å². The summed E-state index contributed by atoms with van der Waals surface area (Å²) in [4.78, 5) is 54.8. The van der Waals surface area contributed by atoms with Gasteiger partial charge in [-0.05, 0) is 36.3 Å². The van der Waals surface area contributed by atoms with Gasteiger partial charge in [0.05, 0.1) is 6.54 Å². The minimum atomic E-state index is -0.702. The molecular weight excluding hydrogens is 430 g/mol. The average molecular weight is 464 g/mol. The van der Waals surface area contributed by atoms with Crippen molar-refractivity contribution in [2.45, 2.75) is 66.5 Å². The molecule has 10 heteroatoms. The second-order valence-electron chi connectivity index (χ2n) is 8.20. The summed E-state index contributed by atoms with van der Waals surface area (Å²) in [5, 5.41) is 4.79. The van der Waals surface area contributed by atoms with Gasteiger partial charge in [0.1, 0.15) is 5.82 Å². The number of H-pyrrole nitrogens is 1. The standard InChI is InChI=1S/C22H33N5O4S/c1-5-6-10-26-20(23)19(21(30)25-22(26)31)27(13-14(2)3)18(29)8-7-17(28)24-12-16-15(4)9-11-32-16/h9,11,14H,5-8,10,12-13,23H2,1-4H3,(H,24,28)(H,25,30,31). The number of rotatable bonds is 11. The van der Waals surface area contributed by atoms with Crippen molar-refractivity contribution in [3.63, 3.8) is 0 Å². The molecule has 2 heterocycles. The number of hydrogen-bond donors (Lipinski definition) is 3. The van der Waals surface area contributed by atoms with Gasteiger partial charge in [0, 0.05) is 30.8 Å².